The van der Waals surface area contributed by atoms with Crippen LogP contribution in [0.4, 0.5) is 17.6 Å². The molecule has 4 atom stereocenters. The van der Waals surface area contributed by atoms with Gasteiger partial charge in [-0.05, 0) is 6.08 Å². The Hall–Kier alpha value is -0.580. The van der Waals surface area contributed by atoms with E-state index in [2.05, 4.69) is 0 Å². The van der Waals surface area contributed by atoms with Crippen LogP contribution in [-0.4, -0.2) is 30.2 Å². The van der Waals surface area contributed by atoms with Crippen molar-refractivity contribution in [2.75, 3.05) is 6.61 Å². The van der Waals surface area contributed by atoms with E-state index in [9.17, 15) is 17.6 Å². The number of aliphatic hydroxyl groups excluding tert-OH is 1. The van der Waals surface area contributed by atoms with Crippen molar-refractivity contribution in [2.24, 2.45) is 5.92 Å². The highest BCUT2D eigenvalue weighted by atomic mass is 19.2. The molecule has 0 saturated carbocycles. The van der Waals surface area contributed by atoms with E-state index in [1.54, 1.807) is 0 Å². The molecule has 0 heterocycles. The minimum absolute atomic E-state index is 0.265. The van der Waals surface area contributed by atoms with Crippen molar-refractivity contribution >= 4 is 0 Å². The van der Waals surface area contributed by atoms with E-state index in [0.29, 0.717) is 0 Å². The van der Waals surface area contributed by atoms with Crippen LogP contribution < -0.4 is 0 Å². The third kappa shape index (κ3) is 1.46. The fraction of sp³-hybridized carbons (Fsp3) is 0.714. The smallest absolute Gasteiger partial charge is 0.159 e. The molecule has 1 aliphatic rings. The van der Waals surface area contributed by atoms with Gasteiger partial charge in [0, 0.05) is 0 Å². The lowest BCUT2D eigenvalue weighted by molar-refractivity contribution is 0.0286. The van der Waals surface area contributed by atoms with E-state index in [-0.39, 0.29) is 6.08 Å². The number of halogens is 4. The normalized spacial score (nSPS) is 42.6. The summed E-state index contributed by atoms with van der Waals surface area (Å²) in [6.45, 7) is -0.899. The first-order chi connectivity index (χ1) is 5.57. The van der Waals surface area contributed by atoms with Crippen LogP contribution in [0.3, 0.4) is 0 Å². The van der Waals surface area contributed by atoms with E-state index >= 15 is 0 Å². The van der Waals surface area contributed by atoms with Gasteiger partial charge in [-0.3, -0.25) is 0 Å². The van der Waals surface area contributed by atoms with Gasteiger partial charge in [0.15, 0.2) is 12.3 Å². The van der Waals surface area contributed by atoms with E-state index in [0.717, 1.165) is 0 Å². The first-order valence-electron chi connectivity index (χ1n) is 3.48. The van der Waals surface area contributed by atoms with Gasteiger partial charge in [-0.1, -0.05) is 0 Å². The molecule has 12 heavy (non-hydrogen) atoms. The lowest BCUT2D eigenvalue weighted by Gasteiger charge is -2.27. The molecule has 0 bridgehead atoms. The number of hydrogen-bond acceptors (Lipinski definition) is 1. The average molecular weight is 184 g/mol. The lowest BCUT2D eigenvalue weighted by Crippen LogP contribution is -2.39. The Kier molecular flexibility index (Phi) is 2.72. The van der Waals surface area contributed by atoms with Gasteiger partial charge in [0.1, 0.15) is 12.0 Å². The van der Waals surface area contributed by atoms with Crippen molar-refractivity contribution in [3.05, 3.63) is 11.9 Å². The zero-order valence-corrected chi connectivity index (χ0v) is 6.05. The summed E-state index contributed by atoms with van der Waals surface area (Å²) in [6.07, 6.45) is -6.28. The van der Waals surface area contributed by atoms with Crippen LogP contribution in [0.5, 0.6) is 0 Å². The van der Waals surface area contributed by atoms with Crippen molar-refractivity contribution in [3.8, 4) is 0 Å². The molecule has 0 spiro atoms. The van der Waals surface area contributed by atoms with Gasteiger partial charge >= 0.3 is 0 Å². The summed E-state index contributed by atoms with van der Waals surface area (Å²) in [5.41, 5.74) is 0. The number of hydrogen-bond donors (Lipinski definition) is 1. The summed E-state index contributed by atoms with van der Waals surface area (Å²) < 4.78 is 50.2. The molecule has 1 nitrogen and oxygen atoms in total. The second-order valence-corrected chi connectivity index (χ2v) is 2.69. The number of alkyl halides is 3. The molecule has 5 heteroatoms. The Morgan fingerprint density at radius 2 is 1.92 bits per heavy atom. The van der Waals surface area contributed by atoms with Crippen LogP contribution in [0.1, 0.15) is 0 Å². The van der Waals surface area contributed by atoms with Crippen LogP contribution in [0.15, 0.2) is 11.9 Å². The second-order valence-electron chi connectivity index (χ2n) is 2.69. The molecule has 0 amide bonds. The molecular weight excluding hydrogens is 176 g/mol. The second kappa shape index (κ2) is 3.43. The minimum atomic E-state index is -2.23. The first-order valence-corrected chi connectivity index (χ1v) is 3.48. The molecule has 70 valence electrons. The third-order valence-electron chi connectivity index (χ3n) is 1.88. The maximum absolute atomic E-state index is 12.7. The van der Waals surface area contributed by atoms with E-state index < -0.39 is 36.9 Å². The van der Waals surface area contributed by atoms with Gasteiger partial charge in [-0.25, -0.2) is 17.6 Å². The van der Waals surface area contributed by atoms with Crippen molar-refractivity contribution in [1.29, 1.82) is 0 Å². The topological polar surface area (TPSA) is 20.2 Å². The summed E-state index contributed by atoms with van der Waals surface area (Å²) in [4.78, 5) is 0. The Bertz CT molecular complexity index is 194. The molecule has 0 aromatic heterocycles. The molecule has 0 radical (unpaired) electrons. The zero-order valence-electron chi connectivity index (χ0n) is 6.05. The Morgan fingerprint density at radius 3 is 2.42 bits per heavy atom. The summed E-state index contributed by atoms with van der Waals surface area (Å²) in [6, 6.07) is 0. The largest absolute Gasteiger partial charge is 0.396 e. The van der Waals surface area contributed by atoms with Gasteiger partial charge in [-0.2, -0.15) is 0 Å². The summed E-state index contributed by atoms with van der Waals surface area (Å²) >= 11 is 0. The van der Waals surface area contributed by atoms with Crippen LogP contribution in [0.25, 0.3) is 0 Å². The van der Waals surface area contributed by atoms with Gasteiger partial charge in [0.2, 0.25) is 0 Å². The summed E-state index contributed by atoms with van der Waals surface area (Å²) in [7, 11) is 0. The Balaban J connectivity index is 2.83. The molecule has 0 fully saturated rings. The highest BCUT2D eigenvalue weighted by molar-refractivity contribution is 5.13. The molecule has 4 unspecified atom stereocenters. The lowest BCUT2D eigenvalue weighted by atomic mass is 9.89. The number of aliphatic hydroxyl groups is 1. The predicted octanol–water partition coefficient (Wildman–Crippen LogP) is 1.48. The van der Waals surface area contributed by atoms with Crippen LogP contribution in [0, 0.1) is 5.92 Å². The maximum atomic E-state index is 12.7. The first kappa shape index (κ1) is 9.51. The fourth-order valence-corrected chi connectivity index (χ4v) is 1.13. The van der Waals surface area contributed by atoms with Crippen molar-refractivity contribution in [1.82, 2.24) is 0 Å². The zero-order chi connectivity index (χ0) is 9.30. The van der Waals surface area contributed by atoms with Crippen LogP contribution >= 0.6 is 0 Å². The van der Waals surface area contributed by atoms with Crippen molar-refractivity contribution in [2.45, 2.75) is 18.5 Å². The van der Waals surface area contributed by atoms with Crippen molar-refractivity contribution in [3.63, 3.8) is 0 Å². The predicted molar refractivity (Wildman–Crippen MR) is 34.5 cm³/mol. The van der Waals surface area contributed by atoms with Gasteiger partial charge < -0.3 is 5.11 Å². The van der Waals surface area contributed by atoms with Crippen LogP contribution in [0.2, 0.25) is 0 Å². The average Bonchev–Trinajstić information content (AvgIpc) is 2.02. The molecule has 0 saturated heterocycles. The number of allylic oxidation sites excluding steroid dienone is 2. The molecule has 0 aliphatic heterocycles. The van der Waals surface area contributed by atoms with Gasteiger partial charge in [-0.15, -0.1) is 0 Å². The Morgan fingerprint density at radius 1 is 1.33 bits per heavy atom. The molecule has 1 rings (SSSR count). The minimum Gasteiger partial charge on any atom is -0.396 e. The fourth-order valence-electron chi connectivity index (χ4n) is 1.13. The van der Waals surface area contributed by atoms with Gasteiger partial charge in [0.05, 0.1) is 12.5 Å². The highest BCUT2D eigenvalue weighted by Gasteiger charge is 2.41. The Labute approximate surface area is 66.7 Å². The van der Waals surface area contributed by atoms with E-state index in [1.807, 2.05) is 0 Å². The summed E-state index contributed by atoms with van der Waals surface area (Å²) in [5, 5.41) is 8.43. The molecule has 1 N–H and O–H groups in total. The van der Waals surface area contributed by atoms with E-state index in [4.69, 9.17) is 5.11 Å². The standard InChI is InChI=1S/C7H8F4O/c8-4-1-5(9)7(11)3(2-12)6(4)10/h1,3-4,6-7,12H,2H2. The van der Waals surface area contributed by atoms with Crippen molar-refractivity contribution < 1.29 is 22.7 Å². The SMILES string of the molecule is OCC1C(F)C(F)=CC(F)C1F. The number of rotatable bonds is 1. The monoisotopic (exact) mass is 184 g/mol. The van der Waals surface area contributed by atoms with E-state index in [1.165, 1.54) is 0 Å². The molecule has 0 aromatic carbocycles. The summed E-state index contributed by atoms with van der Waals surface area (Å²) in [5.74, 6) is -2.96. The molecule has 1 aliphatic carbocycles. The molecule has 0 aromatic rings. The van der Waals surface area contributed by atoms with Gasteiger partial charge in [0.25, 0.3) is 0 Å². The maximum Gasteiger partial charge on any atom is 0.159 e. The van der Waals surface area contributed by atoms with Crippen LogP contribution in [-0.2, 0) is 0 Å². The quantitative estimate of drug-likeness (QED) is 0.612. The highest BCUT2D eigenvalue weighted by Crippen LogP contribution is 2.31. The molecular formula is C7H8F4O. The third-order valence-corrected chi connectivity index (χ3v) is 1.88.